The lowest BCUT2D eigenvalue weighted by Gasteiger charge is -2.22. The van der Waals surface area contributed by atoms with E-state index >= 15 is 0 Å². The van der Waals surface area contributed by atoms with Crippen molar-refractivity contribution in [3.63, 3.8) is 0 Å². The predicted molar refractivity (Wildman–Crippen MR) is 101 cm³/mol. The number of aromatic amines is 1. The molecule has 3 rings (SSSR count). The number of aryl methyl sites for hydroxylation is 1. The van der Waals surface area contributed by atoms with Gasteiger partial charge in [0.05, 0.1) is 23.8 Å². The second kappa shape index (κ2) is 7.11. The predicted octanol–water partition coefficient (Wildman–Crippen LogP) is 3.00. The summed E-state index contributed by atoms with van der Waals surface area (Å²) in [5, 5.41) is 20.0. The molecule has 1 atom stereocenters. The zero-order valence-corrected chi connectivity index (χ0v) is 14.9. The molecule has 0 bridgehead atoms. The van der Waals surface area contributed by atoms with E-state index in [-0.39, 0.29) is 12.2 Å². The highest BCUT2D eigenvalue weighted by Gasteiger charge is 2.28. The summed E-state index contributed by atoms with van der Waals surface area (Å²) in [5.41, 5.74) is 2.74. The fourth-order valence-electron chi connectivity index (χ4n) is 3.14. The molecule has 0 aliphatic heterocycles. The number of nitrogens with zero attached hydrogens (tertiary/aromatic N) is 2. The maximum Gasteiger partial charge on any atom is 0.251 e. The molecule has 0 fully saturated rings. The molecule has 1 aromatic carbocycles. The molecule has 132 valence electrons. The summed E-state index contributed by atoms with van der Waals surface area (Å²) in [6.07, 6.45) is 1.09. The second-order valence-corrected chi connectivity index (χ2v) is 6.68. The van der Waals surface area contributed by atoms with Gasteiger partial charge in [-0.05, 0) is 48.6 Å². The largest absolute Gasteiger partial charge is 0.390 e. The Labute approximate surface area is 152 Å². The van der Waals surface area contributed by atoms with Crippen LogP contribution in [0.3, 0.4) is 0 Å². The summed E-state index contributed by atoms with van der Waals surface area (Å²) in [5.74, 6) is 0. The Morgan fingerprint density at radius 3 is 2.69 bits per heavy atom. The zero-order chi connectivity index (χ0) is 18.7. The van der Waals surface area contributed by atoms with Crippen molar-refractivity contribution in [2.75, 3.05) is 0 Å². The average Bonchev–Trinajstić information content (AvgIpc) is 2.67. The van der Waals surface area contributed by atoms with E-state index in [1.165, 1.54) is 0 Å². The molecule has 5 nitrogen and oxygen atoms in total. The highest BCUT2D eigenvalue weighted by molar-refractivity contribution is 5.80. The SMILES string of the molecule is CCc1cc2ccc(C(C)(C#N)Cc3cccc(CO)n3)cc2[nH]c1=O. The van der Waals surface area contributed by atoms with Crippen LogP contribution in [0.4, 0.5) is 0 Å². The van der Waals surface area contributed by atoms with Gasteiger partial charge in [0.25, 0.3) is 5.56 Å². The van der Waals surface area contributed by atoms with Gasteiger partial charge in [-0.25, -0.2) is 0 Å². The van der Waals surface area contributed by atoms with Gasteiger partial charge >= 0.3 is 0 Å². The molecule has 26 heavy (non-hydrogen) atoms. The van der Waals surface area contributed by atoms with E-state index in [1.807, 2.05) is 50.2 Å². The number of rotatable bonds is 5. The molecule has 0 saturated heterocycles. The minimum Gasteiger partial charge on any atom is -0.390 e. The lowest BCUT2D eigenvalue weighted by atomic mass is 9.79. The second-order valence-electron chi connectivity index (χ2n) is 6.68. The van der Waals surface area contributed by atoms with Crippen LogP contribution in [0.1, 0.15) is 36.4 Å². The third-order valence-corrected chi connectivity index (χ3v) is 4.75. The molecule has 3 aromatic rings. The first-order chi connectivity index (χ1) is 12.5. The first kappa shape index (κ1) is 17.8. The Balaban J connectivity index is 2.03. The van der Waals surface area contributed by atoms with Crippen LogP contribution in [0.25, 0.3) is 10.9 Å². The van der Waals surface area contributed by atoms with Crippen LogP contribution in [0.15, 0.2) is 47.3 Å². The number of hydrogen-bond donors (Lipinski definition) is 2. The smallest absolute Gasteiger partial charge is 0.251 e. The van der Waals surface area contributed by atoms with E-state index in [0.717, 1.165) is 27.7 Å². The van der Waals surface area contributed by atoms with Crippen LogP contribution in [-0.4, -0.2) is 15.1 Å². The van der Waals surface area contributed by atoms with Gasteiger partial charge in [0.2, 0.25) is 0 Å². The van der Waals surface area contributed by atoms with Crippen molar-refractivity contribution in [1.29, 1.82) is 5.26 Å². The summed E-state index contributed by atoms with van der Waals surface area (Å²) in [6, 6.07) is 15.5. The first-order valence-electron chi connectivity index (χ1n) is 8.62. The van der Waals surface area contributed by atoms with Crippen LogP contribution in [0, 0.1) is 11.3 Å². The van der Waals surface area contributed by atoms with E-state index in [2.05, 4.69) is 16.0 Å². The summed E-state index contributed by atoms with van der Waals surface area (Å²) >= 11 is 0. The standard InChI is InChI=1S/C21H21N3O2/c1-3-14-9-15-7-8-16(10-19(15)24-20(14)26)21(2,13-22)11-17-5-4-6-18(12-25)23-17/h4-10,25H,3,11-12H2,1-2H3,(H,24,26). The maximum absolute atomic E-state index is 12.1. The Morgan fingerprint density at radius 2 is 2.00 bits per heavy atom. The Kier molecular flexibility index (Phi) is 4.88. The number of hydrogen-bond acceptors (Lipinski definition) is 4. The van der Waals surface area contributed by atoms with Crippen LogP contribution in [-0.2, 0) is 24.9 Å². The van der Waals surface area contributed by atoms with Gasteiger partial charge < -0.3 is 10.1 Å². The monoisotopic (exact) mass is 347 g/mol. The molecule has 0 amide bonds. The van der Waals surface area contributed by atoms with Gasteiger partial charge in [0, 0.05) is 23.2 Å². The fraction of sp³-hybridized carbons (Fsp3) is 0.286. The third kappa shape index (κ3) is 3.37. The number of pyridine rings is 2. The lowest BCUT2D eigenvalue weighted by molar-refractivity contribution is 0.276. The van der Waals surface area contributed by atoms with Crippen LogP contribution in [0.5, 0.6) is 0 Å². The number of H-pyrrole nitrogens is 1. The van der Waals surface area contributed by atoms with Gasteiger partial charge in [-0.2, -0.15) is 5.26 Å². The number of benzene rings is 1. The molecule has 2 N–H and O–H groups in total. The zero-order valence-electron chi connectivity index (χ0n) is 14.9. The molecular weight excluding hydrogens is 326 g/mol. The summed E-state index contributed by atoms with van der Waals surface area (Å²) < 4.78 is 0. The highest BCUT2D eigenvalue weighted by Crippen LogP contribution is 2.29. The van der Waals surface area contributed by atoms with Crippen molar-refractivity contribution in [3.8, 4) is 6.07 Å². The van der Waals surface area contributed by atoms with Gasteiger partial charge in [0.15, 0.2) is 0 Å². The Bertz CT molecular complexity index is 1050. The van der Waals surface area contributed by atoms with Gasteiger partial charge in [0.1, 0.15) is 0 Å². The molecule has 2 aromatic heterocycles. The molecule has 0 spiro atoms. The summed E-state index contributed by atoms with van der Waals surface area (Å²) in [7, 11) is 0. The van der Waals surface area contributed by atoms with E-state index in [9.17, 15) is 15.2 Å². The number of aliphatic hydroxyl groups excluding tert-OH is 1. The quantitative estimate of drug-likeness (QED) is 0.742. The highest BCUT2D eigenvalue weighted by atomic mass is 16.3. The van der Waals surface area contributed by atoms with Crippen molar-refractivity contribution in [2.24, 2.45) is 0 Å². The van der Waals surface area contributed by atoms with Gasteiger partial charge in [-0.15, -0.1) is 0 Å². The molecular formula is C21H21N3O2. The molecule has 5 heteroatoms. The summed E-state index contributed by atoms with van der Waals surface area (Å²) in [6.45, 7) is 3.68. The van der Waals surface area contributed by atoms with Crippen LogP contribution < -0.4 is 5.56 Å². The molecule has 1 unspecified atom stereocenters. The topological polar surface area (TPSA) is 89.8 Å². The van der Waals surface area contributed by atoms with E-state index < -0.39 is 5.41 Å². The van der Waals surface area contributed by atoms with Gasteiger partial charge in [-0.1, -0.05) is 25.1 Å². The number of fused-ring (bicyclic) bond motifs is 1. The van der Waals surface area contributed by atoms with Crippen molar-refractivity contribution in [1.82, 2.24) is 9.97 Å². The van der Waals surface area contributed by atoms with E-state index in [4.69, 9.17) is 0 Å². The minimum absolute atomic E-state index is 0.0897. The molecule has 0 aliphatic rings. The van der Waals surface area contributed by atoms with Gasteiger partial charge in [-0.3, -0.25) is 9.78 Å². The first-order valence-corrected chi connectivity index (χ1v) is 8.62. The van der Waals surface area contributed by atoms with Crippen molar-refractivity contribution < 1.29 is 5.11 Å². The van der Waals surface area contributed by atoms with Crippen molar-refractivity contribution in [2.45, 2.75) is 38.7 Å². The molecule has 0 radical (unpaired) electrons. The van der Waals surface area contributed by atoms with Crippen molar-refractivity contribution >= 4 is 10.9 Å². The fourth-order valence-corrected chi connectivity index (χ4v) is 3.14. The third-order valence-electron chi connectivity index (χ3n) is 4.75. The molecule has 0 aliphatic carbocycles. The summed E-state index contributed by atoms with van der Waals surface area (Å²) in [4.78, 5) is 19.4. The average molecular weight is 347 g/mol. The van der Waals surface area contributed by atoms with Crippen molar-refractivity contribution in [3.05, 3.63) is 75.3 Å². The molecule has 0 saturated carbocycles. The lowest BCUT2D eigenvalue weighted by Crippen LogP contribution is -2.24. The number of nitrogens with one attached hydrogen (secondary N) is 1. The van der Waals surface area contributed by atoms with E-state index in [1.54, 1.807) is 6.07 Å². The molecule has 2 heterocycles. The van der Waals surface area contributed by atoms with Crippen LogP contribution >= 0.6 is 0 Å². The van der Waals surface area contributed by atoms with Crippen LogP contribution in [0.2, 0.25) is 0 Å². The minimum atomic E-state index is -0.796. The number of nitriles is 1. The normalized spacial score (nSPS) is 13.3. The number of aromatic nitrogens is 2. The Morgan fingerprint density at radius 1 is 1.23 bits per heavy atom. The maximum atomic E-state index is 12.1. The number of aliphatic hydroxyl groups is 1. The van der Waals surface area contributed by atoms with E-state index in [0.29, 0.717) is 18.5 Å². The Hall–Kier alpha value is -2.97.